The van der Waals surface area contributed by atoms with Gasteiger partial charge in [-0.15, -0.1) is 0 Å². The molecule has 0 radical (unpaired) electrons. The highest BCUT2D eigenvalue weighted by Gasteiger charge is 2.49. The molecule has 1 N–H and O–H groups in total. The van der Waals surface area contributed by atoms with E-state index < -0.39 is 9.89 Å². The summed E-state index contributed by atoms with van der Waals surface area (Å²) in [5.74, 6) is 1.03. The summed E-state index contributed by atoms with van der Waals surface area (Å²) in [5.41, 5.74) is 4.78. The third kappa shape index (κ3) is 4.39. The molecular weight excluding hydrogens is 563 g/mol. The van der Waals surface area contributed by atoms with Crippen molar-refractivity contribution in [2.75, 3.05) is 26.8 Å². The minimum atomic E-state index is -1.63. The minimum absolute atomic E-state index is 0.138. The number of aromatic amines is 1. The van der Waals surface area contributed by atoms with Crippen LogP contribution in [-0.2, 0) is 23.0 Å². The zero-order chi connectivity index (χ0) is 24.1. The first-order valence-electron chi connectivity index (χ1n) is 11.1. The molecule has 34 heavy (non-hydrogen) atoms. The lowest BCUT2D eigenvalue weighted by atomic mass is 9.59. The molecule has 1 fully saturated rings. The molecule has 0 spiro atoms. The van der Waals surface area contributed by atoms with Gasteiger partial charge in [-0.1, -0.05) is 59.1 Å². The Labute approximate surface area is 221 Å². The SMILES string of the molecule is COc1cccc([C@]23CCN(C(=O)OCC(Cl)(Cl)Cl)CC2Cc2c([nH]c4c(Br)cccc24)C3)c1. The Morgan fingerprint density at radius 3 is 2.82 bits per heavy atom. The summed E-state index contributed by atoms with van der Waals surface area (Å²) in [6, 6.07) is 14.6. The van der Waals surface area contributed by atoms with Gasteiger partial charge in [0.25, 0.3) is 0 Å². The van der Waals surface area contributed by atoms with Crippen molar-refractivity contribution in [2.24, 2.45) is 5.92 Å². The zero-order valence-corrected chi connectivity index (χ0v) is 22.4. The molecule has 0 saturated carbocycles. The second-order valence-corrected chi connectivity index (χ2v) is 12.4. The maximum atomic E-state index is 12.8. The molecule has 9 heteroatoms. The predicted molar refractivity (Wildman–Crippen MR) is 139 cm³/mol. The Morgan fingerprint density at radius 1 is 1.26 bits per heavy atom. The molecule has 3 aromatic rings. The van der Waals surface area contributed by atoms with Crippen LogP contribution in [-0.4, -0.2) is 46.6 Å². The van der Waals surface area contributed by atoms with Gasteiger partial charge < -0.3 is 19.4 Å². The molecule has 0 bridgehead atoms. The van der Waals surface area contributed by atoms with Crippen LogP contribution in [0, 0.1) is 5.92 Å². The highest BCUT2D eigenvalue weighted by molar-refractivity contribution is 9.10. The molecular formula is C25H24BrCl3N2O3. The third-order valence-electron chi connectivity index (χ3n) is 7.23. The summed E-state index contributed by atoms with van der Waals surface area (Å²) < 4.78 is 10.3. The van der Waals surface area contributed by atoms with E-state index in [0.717, 1.165) is 35.0 Å². The number of amides is 1. The van der Waals surface area contributed by atoms with Crippen LogP contribution in [0.5, 0.6) is 5.75 Å². The number of piperidine rings is 1. The first kappa shape index (κ1) is 24.1. The second kappa shape index (κ2) is 9.12. The zero-order valence-electron chi connectivity index (χ0n) is 18.5. The molecule has 2 aromatic carbocycles. The number of para-hydroxylation sites is 1. The molecule has 1 amide bonds. The number of nitrogens with zero attached hydrogens (tertiary/aromatic N) is 1. The standard InChI is InChI=1S/C25H24BrCl3N2O3/c1-33-17-5-2-4-15(10-17)24-8-9-31(23(32)34-14-25(27,28)29)13-16(24)11-19-18-6-3-7-20(26)22(18)30-21(19)12-24/h2-7,10,16,30H,8-9,11-14H2,1H3/t16?,24-/m1/s1. The first-order valence-corrected chi connectivity index (χ1v) is 13.0. The highest BCUT2D eigenvalue weighted by atomic mass is 79.9. The van der Waals surface area contributed by atoms with Gasteiger partial charge in [0.1, 0.15) is 12.4 Å². The normalized spacial score (nSPS) is 22.3. The lowest BCUT2D eigenvalue weighted by Gasteiger charge is -2.50. The van der Waals surface area contributed by atoms with Crippen molar-refractivity contribution < 1.29 is 14.3 Å². The van der Waals surface area contributed by atoms with Crippen LogP contribution in [0.1, 0.15) is 23.2 Å². The average molecular weight is 587 g/mol. The number of halogens is 4. The summed E-state index contributed by atoms with van der Waals surface area (Å²) in [4.78, 5) is 18.2. The number of fused-ring (bicyclic) bond motifs is 4. The Hall–Kier alpha value is -1.60. The Kier molecular flexibility index (Phi) is 6.47. The van der Waals surface area contributed by atoms with E-state index in [1.165, 1.54) is 22.2 Å². The summed E-state index contributed by atoms with van der Waals surface area (Å²) in [6.07, 6.45) is 2.05. The van der Waals surface area contributed by atoms with Crippen molar-refractivity contribution in [3.05, 3.63) is 63.8 Å². The largest absolute Gasteiger partial charge is 0.497 e. The smallest absolute Gasteiger partial charge is 0.409 e. The van der Waals surface area contributed by atoms with Crippen LogP contribution in [0.25, 0.3) is 10.9 Å². The van der Waals surface area contributed by atoms with E-state index in [0.29, 0.717) is 13.1 Å². The number of carbonyl (C=O) groups is 1. The Morgan fingerprint density at radius 2 is 2.06 bits per heavy atom. The van der Waals surface area contributed by atoms with Gasteiger partial charge in [0, 0.05) is 34.1 Å². The number of benzene rings is 2. The molecule has 2 atom stereocenters. The molecule has 1 aliphatic heterocycles. The molecule has 5 rings (SSSR count). The molecule has 1 saturated heterocycles. The number of carbonyl (C=O) groups excluding carboxylic acids is 1. The van der Waals surface area contributed by atoms with Crippen molar-refractivity contribution in [3.63, 3.8) is 0 Å². The third-order valence-corrected chi connectivity index (χ3v) is 8.22. The molecule has 5 nitrogen and oxygen atoms in total. The van der Waals surface area contributed by atoms with E-state index in [1.807, 2.05) is 12.1 Å². The monoisotopic (exact) mass is 584 g/mol. The number of alkyl halides is 3. The lowest BCUT2D eigenvalue weighted by molar-refractivity contribution is 0.0539. The van der Waals surface area contributed by atoms with Gasteiger partial charge in [-0.3, -0.25) is 0 Å². The van der Waals surface area contributed by atoms with Crippen molar-refractivity contribution in [3.8, 4) is 5.75 Å². The number of hydrogen-bond donors (Lipinski definition) is 1. The van der Waals surface area contributed by atoms with Crippen molar-refractivity contribution in [2.45, 2.75) is 28.5 Å². The maximum Gasteiger partial charge on any atom is 0.409 e. The van der Waals surface area contributed by atoms with E-state index in [9.17, 15) is 4.79 Å². The van der Waals surface area contributed by atoms with Crippen molar-refractivity contribution >= 4 is 67.7 Å². The lowest BCUT2D eigenvalue weighted by Crippen LogP contribution is -2.55. The van der Waals surface area contributed by atoms with Gasteiger partial charge in [-0.2, -0.15) is 0 Å². The van der Waals surface area contributed by atoms with E-state index >= 15 is 0 Å². The van der Waals surface area contributed by atoms with Crippen LogP contribution in [0.3, 0.4) is 0 Å². The Bertz CT molecular complexity index is 1240. The summed E-state index contributed by atoms with van der Waals surface area (Å²) in [6.45, 7) is 0.848. The van der Waals surface area contributed by atoms with Gasteiger partial charge in [-0.05, 0) is 70.4 Å². The number of likely N-dealkylation sites (tertiary alicyclic amines) is 1. The van der Waals surface area contributed by atoms with E-state index in [2.05, 4.69) is 51.2 Å². The summed E-state index contributed by atoms with van der Waals surface area (Å²) in [7, 11) is 1.69. The number of hydrogen-bond acceptors (Lipinski definition) is 3. The number of rotatable bonds is 3. The molecule has 180 valence electrons. The van der Waals surface area contributed by atoms with Gasteiger partial charge in [0.15, 0.2) is 0 Å². The van der Waals surface area contributed by atoms with Crippen LogP contribution >= 0.6 is 50.7 Å². The van der Waals surface area contributed by atoms with Crippen LogP contribution < -0.4 is 4.74 Å². The number of ether oxygens (including phenoxy) is 2. The van der Waals surface area contributed by atoms with Gasteiger partial charge >= 0.3 is 6.09 Å². The Balaban J connectivity index is 1.53. The van der Waals surface area contributed by atoms with Crippen LogP contribution in [0.2, 0.25) is 0 Å². The fourth-order valence-corrected chi connectivity index (χ4v) is 6.25. The maximum absolute atomic E-state index is 12.8. The van der Waals surface area contributed by atoms with Crippen molar-refractivity contribution in [1.29, 1.82) is 0 Å². The van der Waals surface area contributed by atoms with Gasteiger partial charge in [-0.25, -0.2) is 4.79 Å². The summed E-state index contributed by atoms with van der Waals surface area (Å²) >= 11 is 21.0. The number of methoxy groups -OCH3 is 1. The highest BCUT2D eigenvalue weighted by Crippen LogP contribution is 2.50. The van der Waals surface area contributed by atoms with E-state index in [4.69, 9.17) is 44.3 Å². The number of aromatic nitrogens is 1. The number of nitrogens with one attached hydrogen (secondary N) is 1. The second-order valence-electron chi connectivity index (χ2n) is 9.08. The molecule has 1 unspecified atom stereocenters. The number of H-pyrrole nitrogens is 1. The van der Waals surface area contributed by atoms with Gasteiger partial charge in [0.2, 0.25) is 3.79 Å². The average Bonchev–Trinajstić information content (AvgIpc) is 3.18. The van der Waals surface area contributed by atoms with E-state index in [1.54, 1.807) is 12.0 Å². The van der Waals surface area contributed by atoms with Crippen LogP contribution in [0.15, 0.2) is 46.9 Å². The fraction of sp³-hybridized carbons (Fsp3) is 0.400. The van der Waals surface area contributed by atoms with E-state index in [-0.39, 0.29) is 17.9 Å². The summed E-state index contributed by atoms with van der Waals surface area (Å²) in [5, 5.41) is 1.22. The minimum Gasteiger partial charge on any atom is -0.497 e. The topological polar surface area (TPSA) is 54.6 Å². The van der Waals surface area contributed by atoms with Crippen LogP contribution in [0.4, 0.5) is 4.79 Å². The predicted octanol–water partition coefficient (Wildman–Crippen LogP) is 6.80. The quantitative estimate of drug-likeness (QED) is 0.344. The first-order chi connectivity index (χ1) is 16.2. The molecule has 2 heterocycles. The molecule has 2 aliphatic rings. The fourth-order valence-electron chi connectivity index (χ4n) is 5.62. The van der Waals surface area contributed by atoms with Gasteiger partial charge in [0.05, 0.1) is 12.6 Å². The molecule has 1 aromatic heterocycles. The molecule has 1 aliphatic carbocycles. The van der Waals surface area contributed by atoms with Crippen molar-refractivity contribution in [1.82, 2.24) is 9.88 Å².